The second kappa shape index (κ2) is 3.56. The van der Waals surface area contributed by atoms with Crippen molar-refractivity contribution in [1.82, 2.24) is 4.98 Å². The zero-order valence-electron chi connectivity index (χ0n) is 7.98. The predicted molar refractivity (Wildman–Crippen MR) is 55.5 cm³/mol. The Bertz CT molecular complexity index is 292. The second-order valence-corrected chi connectivity index (χ2v) is 4.24. The van der Waals surface area contributed by atoms with Crippen molar-refractivity contribution in [2.24, 2.45) is 0 Å². The minimum atomic E-state index is 0.550. The van der Waals surface area contributed by atoms with E-state index in [9.17, 15) is 0 Å². The van der Waals surface area contributed by atoms with Crippen LogP contribution in [0.1, 0.15) is 36.7 Å². The number of hydrogen-bond acceptors (Lipinski definition) is 1. The summed E-state index contributed by atoms with van der Waals surface area (Å²) in [4.78, 5) is 4.45. The molecule has 1 aromatic rings. The number of pyridine rings is 1. The fourth-order valence-corrected chi connectivity index (χ4v) is 1.63. The third-order valence-corrected chi connectivity index (χ3v) is 2.81. The molecule has 0 aromatic carbocycles. The lowest BCUT2D eigenvalue weighted by Crippen LogP contribution is -1.97. The fourth-order valence-electron chi connectivity index (χ4n) is 1.30. The van der Waals surface area contributed by atoms with Gasteiger partial charge in [0, 0.05) is 10.2 Å². The van der Waals surface area contributed by atoms with Gasteiger partial charge >= 0.3 is 0 Å². The van der Waals surface area contributed by atoms with E-state index >= 15 is 0 Å². The molecular weight excluding hydrogens is 214 g/mol. The smallest absolute Gasteiger partial charge is 0.0517 e. The molecule has 0 aliphatic carbocycles. The van der Waals surface area contributed by atoms with Gasteiger partial charge < -0.3 is 0 Å². The minimum Gasteiger partial charge on any atom is -0.257 e. The molecule has 0 aliphatic rings. The van der Waals surface area contributed by atoms with E-state index in [-0.39, 0.29) is 0 Å². The summed E-state index contributed by atoms with van der Waals surface area (Å²) in [6.07, 6.45) is 0. The summed E-state index contributed by atoms with van der Waals surface area (Å²) in [5, 5.41) is 0. The van der Waals surface area contributed by atoms with Gasteiger partial charge in [0.15, 0.2) is 0 Å². The van der Waals surface area contributed by atoms with Crippen LogP contribution in [0.4, 0.5) is 0 Å². The van der Waals surface area contributed by atoms with E-state index < -0.39 is 0 Å². The van der Waals surface area contributed by atoms with Crippen LogP contribution in [0.3, 0.4) is 0 Å². The molecule has 1 rings (SSSR count). The van der Waals surface area contributed by atoms with Crippen molar-refractivity contribution in [3.63, 3.8) is 0 Å². The topological polar surface area (TPSA) is 12.9 Å². The Labute approximate surface area is 82.3 Å². The highest BCUT2D eigenvalue weighted by molar-refractivity contribution is 9.10. The van der Waals surface area contributed by atoms with Gasteiger partial charge in [-0.05, 0) is 47.3 Å². The van der Waals surface area contributed by atoms with Crippen LogP contribution in [0, 0.1) is 13.8 Å². The minimum absolute atomic E-state index is 0.550. The van der Waals surface area contributed by atoms with Crippen molar-refractivity contribution in [2.45, 2.75) is 33.6 Å². The van der Waals surface area contributed by atoms with Crippen LogP contribution >= 0.6 is 15.9 Å². The molecule has 0 atom stereocenters. The summed E-state index contributed by atoms with van der Waals surface area (Å²) in [7, 11) is 0. The average molecular weight is 228 g/mol. The highest BCUT2D eigenvalue weighted by atomic mass is 79.9. The lowest BCUT2D eigenvalue weighted by Gasteiger charge is -2.10. The van der Waals surface area contributed by atoms with Gasteiger partial charge in [-0.1, -0.05) is 13.8 Å². The van der Waals surface area contributed by atoms with E-state index in [0.29, 0.717) is 5.92 Å². The third-order valence-electron chi connectivity index (χ3n) is 2.00. The zero-order valence-corrected chi connectivity index (χ0v) is 9.57. The first kappa shape index (κ1) is 9.72. The summed E-state index contributed by atoms with van der Waals surface area (Å²) in [6.45, 7) is 8.45. The molecule has 2 heteroatoms. The van der Waals surface area contributed by atoms with Crippen molar-refractivity contribution in [1.29, 1.82) is 0 Å². The molecule has 0 fully saturated rings. The van der Waals surface area contributed by atoms with E-state index in [2.05, 4.69) is 47.8 Å². The van der Waals surface area contributed by atoms with Crippen molar-refractivity contribution in [3.05, 3.63) is 27.5 Å². The van der Waals surface area contributed by atoms with Crippen LogP contribution in [0.15, 0.2) is 10.5 Å². The quantitative estimate of drug-likeness (QED) is 0.715. The summed E-state index contributed by atoms with van der Waals surface area (Å²) < 4.78 is 1.11. The van der Waals surface area contributed by atoms with Crippen molar-refractivity contribution in [2.75, 3.05) is 0 Å². The molecule has 0 saturated heterocycles. The highest BCUT2D eigenvalue weighted by Gasteiger charge is 2.06. The number of nitrogens with zero attached hydrogens (tertiary/aromatic N) is 1. The van der Waals surface area contributed by atoms with Gasteiger partial charge in [0.1, 0.15) is 0 Å². The highest BCUT2D eigenvalue weighted by Crippen LogP contribution is 2.23. The zero-order chi connectivity index (χ0) is 9.30. The van der Waals surface area contributed by atoms with Crippen LogP contribution in [0.25, 0.3) is 0 Å². The van der Waals surface area contributed by atoms with E-state index in [4.69, 9.17) is 0 Å². The van der Waals surface area contributed by atoms with Crippen LogP contribution in [0.2, 0.25) is 0 Å². The molecule has 1 heterocycles. The van der Waals surface area contributed by atoms with E-state index in [1.807, 2.05) is 6.92 Å². The monoisotopic (exact) mass is 227 g/mol. The van der Waals surface area contributed by atoms with E-state index in [0.717, 1.165) is 15.9 Å². The summed E-state index contributed by atoms with van der Waals surface area (Å²) in [5.41, 5.74) is 3.54. The van der Waals surface area contributed by atoms with E-state index in [1.54, 1.807) is 0 Å². The Balaban J connectivity index is 3.23. The normalized spacial score (nSPS) is 10.8. The summed E-state index contributed by atoms with van der Waals surface area (Å²) >= 11 is 3.49. The van der Waals surface area contributed by atoms with Gasteiger partial charge in [0.05, 0.1) is 5.69 Å². The molecule has 1 aromatic heterocycles. The molecule has 0 N–H and O–H groups in total. The Morgan fingerprint density at radius 1 is 1.25 bits per heavy atom. The third kappa shape index (κ3) is 1.86. The van der Waals surface area contributed by atoms with Crippen molar-refractivity contribution in [3.8, 4) is 0 Å². The Morgan fingerprint density at radius 2 is 1.83 bits per heavy atom. The van der Waals surface area contributed by atoms with Crippen molar-refractivity contribution >= 4 is 15.9 Å². The van der Waals surface area contributed by atoms with E-state index in [1.165, 1.54) is 5.56 Å². The Kier molecular flexibility index (Phi) is 2.89. The maximum absolute atomic E-state index is 4.45. The van der Waals surface area contributed by atoms with Gasteiger partial charge in [-0.25, -0.2) is 0 Å². The molecule has 0 unspecified atom stereocenters. The predicted octanol–water partition coefficient (Wildman–Crippen LogP) is 3.58. The Hall–Kier alpha value is -0.370. The molecule has 0 aliphatic heterocycles. The molecular formula is C10H14BrN. The van der Waals surface area contributed by atoms with Gasteiger partial charge in [-0.15, -0.1) is 0 Å². The van der Waals surface area contributed by atoms with Crippen molar-refractivity contribution < 1.29 is 0 Å². The van der Waals surface area contributed by atoms with Crippen LogP contribution in [-0.2, 0) is 0 Å². The molecule has 0 saturated carbocycles. The summed E-state index contributed by atoms with van der Waals surface area (Å²) in [5.74, 6) is 0.550. The van der Waals surface area contributed by atoms with Gasteiger partial charge in [-0.3, -0.25) is 4.98 Å². The molecule has 66 valence electrons. The molecule has 0 amide bonds. The second-order valence-electron chi connectivity index (χ2n) is 3.38. The van der Waals surface area contributed by atoms with Crippen LogP contribution in [-0.4, -0.2) is 4.98 Å². The first-order valence-corrected chi connectivity index (χ1v) is 4.95. The number of aryl methyl sites for hydroxylation is 2. The first-order valence-electron chi connectivity index (χ1n) is 4.16. The van der Waals surface area contributed by atoms with Crippen LogP contribution < -0.4 is 0 Å². The lowest BCUT2D eigenvalue weighted by atomic mass is 10.0. The fraction of sp³-hybridized carbons (Fsp3) is 0.500. The first-order chi connectivity index (χ1) is 5.52. The van der Waals surface area contributed by atoms with Gasteiger partial charge in [-0.2, -0.15) is 0 Å². The van der Waals surface area contributed by atoms with Crippen LogP contribution in [0.5, 0.6) is 0 Å². The molecule has 0 bridgehead atoms. The standard InChI is InChI=1S/C10H14BrN/c1-6(2)9-5-10(11)8(4)12-7(9)3/h5-6H,1-4H3. The maximum atomic E-state index is 4.45. The van der Waals surface area contributed by atoms with Gasteiger partial charge in [0.2, 0.25) is 0 Å². The molecule has 1 nitrogen and oxygen atoms in total. The molecule has 0 radical (unpaired) electrons. The summed E-state index contributed by atoms with van der Waals surface area (Å²) in [6, 6.07) is 2.17. The number of aromatic nitrogens is 1. The number of halogens is 1. The van der Waals surface area contributed by atoms with Gasteiger partial charge in [0.25, 0.3) is 0 Å². The molecule has 0 spiro atoms. The molecule has 12 heavy (non-hydrogen) atoms. The largest absolute Gasteiger partial charge is 0.257 e. The average Bonchev–Trinajstić information content (AvgIpc) is 1.96. The number of rotatable bonds is 1. The number of hydrogen-bond donors (Lipinski definition) is 0. The lowest BCUT2D eigenvalue weighted by molar-refractivity contribution is 0.836. The Morgan fingerprint density at radius 3 is 2.33 bits per heavy atom. The maximum Gasteiger partial charge on any atom is 0.0517 e. The SMILES string of the molecule is Cc1nc(C)c(C(C)C)cc1Br.